The summed E-state index contributed by atoms with van der Waals surface area (Å²) in [6, 6.07) is 13.5. The van der Waals surface area contributed by atoms with Crippen molar-refractivity contribution >= 4 is 56.6 Å². The van der Waals surface area contributed by atoms with E-state index in [0.717, 1.165) is 11.6 Å². The number of aromatic nitrogens is 1. The zero-order valence-corrected chi connectivity index (χ0v) is 19.0. The zero-order valence-electron chi connectivity index (χ0n) is 16.6. The number of halogens is 2. The molecular formula is C21H17Cl2N3O5S. The van der Waals surface area contributed by atoms with Gasteiger partial charge in [-0.15, -0.1) is 0 Å². The Morgan fingerprint density at radius 1 is 1.06 bits per heavy atom. The third kappa shape index (κ3) is 6.19. The molecule has 0 unspecified atom stereocenters. The number of nitrogens with zero attached hydrogens (tertiary/aromatic N) is 1. The average molecular weight is 494 g/mol. The molecule has 3 rings (SSSR count). The number of ether oxygens (including phenoxy) is 1. The normalized spacial score (nSPS) is 11.0. The lowest BCUT2D eigenvalue weighted by Gasteiger charge is -2.10. The highest BCUT2D eigenvalue weighted by molar-refractivity contribution is 7.92. The fourth-order valence-electron chi connectivity index (χ4n) is 2.52. The number of esters is 1. The average Bonchev–Trinajstić information content (AvgIpc) is 2.75. The zero-order chi connectivity index (χ0) is 23.3. The molecule has 32 heavy (non-hydrogen) atoms. The molecule has 0 spiro atoms. The number of amides is 1. The van der Waals surface area contributed by atoms with Gasteiger partial charge in [0.05, 0.1) is 20.5 Å². The molecule has 0 saturated carbocycles. The third-order valence-electron chi connectivity index (χ3n) is 4.08. The molecule has 0 saturated heterocycles. The molecule has 3 aromatic rings. The maximum absolute atomic E-state index is 12.6. The van der Waals surface area contributed by atoms with Gasteiger partial charge in [0.1, 0.15) is 0 Å². The van der Waals surface area contributed by atoms with Crippen molar-refractivity contribution in [2.75, 3.05) is 16.6 Å². The second kappa shape index (κ2) is 9.99. The molecule has 11 heteroatoms. The summed E-state index contributed by atoms with van der Waals surface area (Å²) in [7, 11) is -3.93. The van der Waals surface area contributed by atoms with Gasteiger partial charge in [-0.1, -0.05) is 47.0 Å². The number of benzene rings is 2. The van der Waals surface area contributed by atoms with E-state index in [-0.39, 0.29) is 21.3 Å². The van der Waals surface area contributed by atoms with E-state index in [1.54, 1.807) is 24.3 Å². The summed E-state index contributed by atoms with van der Waals surface area (Å²) in [5, 5.41) is 2.81. The third-order valence-corrected chi connectivity index (χ3v) is 5.96. The predicted molar refractivity (Wildman–Crippen MR) is 122 cm³/mol. The summed E-state index contributed by atoms with van der Waals surface area (Å²) in [5.41, 5.74) is 1.33. The Kier molecular flexibility index (Phi) is 7.34. The van der Waals surface area contributed by atoms with Crippen LogP contribution < -0.4 is 10.0 Å². The van der Waals surface area contributed by atoms with Gasteiger partial charge >= 0.3 is 5.97 Å². The van der Waals surface area contributed by atoms with Crippen LogP contribution in [0.15, 0.2) is 65.7 Å². The van der Waals surface area contributed by atoms with Gasteiger partial charge in [0.2, 0.25) is 0 Å². The summed E-state index contributed by atoms with van der Waals surface area (Å²) >= 11 is 11.7. The summed E-state index contributed by atoms with van der Waals surface area (Å²) < 4.78 is 32.7. The molecule has 0 atom stereocenters. The number of nitrogens with one attached hydrogen (secondary N) is 2. The maximum atomic E-state index is 12.6. The first kappa shape index (κ1) is 23.5. The number of carbonyl (C=O) groups is 2. The van der Waals surface area contributed by atoms with E-state index in [2.05, 4.69) is 15.0 Å². The van der Waals surface area contributed by atoms with E-state index in [0.29, 0.717) is 10.7 Å². The molecule has 0 radical (unpaired) electrons. The van der Waals surface area contributed by atoms with E-state index in [1.807, 2.05) is 6.92 Å². The van der Waals surface area contributed by atoms with Crippen LogP contribution in [0.1, 0.15) is 15.9 Å². The Labute approximate surface area is 194 Å². The molecule has 0 fully saturated rings. The second-order valence-corrected chi connectivity index (χ2v) is 9.13. The highest BCUT2D eigenvalue weighted by Gasteiger charge is 2.18. The highest BCUT2D eigenvalue weighted by atomic mass is 35.5. The molecule has 1 amide bonds. The largest absolute Gasteiger partial charge is 0.452 e. The fourth-order valence-corrected chi connectivity index (χ4v) is 4.05. The van der Waals surface area contributed by atoms with Gasteiger partial charge in [-0.3, -0.25) is 9.52 Å². The number of hydrogen-bond donors (Lipinski definition) is 2. The van der Waals surface area contributed by atoms with Crippen LogP contribution in [0.5, 0.6) is 0 Å². The predicted octanol–water partition coefficient (Wildman–Crippen LogP) is 4.29. The van der Waals surface area contributed by atoms with Gasteiger partial charge in [0.25, 0.3) is 15.9 Å². The number of sulfonamides is 1. The molecule has 0 aliphatic carbocycles. The van der Waals surface area contributed by atoms with Crippen LogP contribution in [0.3, 0.4) is 0 Å². The Balaban J connectivity index is 1.64. The topological polar surface area (TPSA) is 114 Å². The Morgan fingerprint density at radius 3 is 2.47 bits per heavy atom. The number of anilines is 2. The molecule has 0 aliphatic rings. The molecule has 1 heterocycles. The molecule has 2 aromatic carbocycles. The Morgan fingerprint density at radius 2 is 1.78 bits per heavy atom. The molecule has 0 aliphatic heterocycles. The number of carbonyl (C=O) groups excluding carboxylic acids is 2. The number of pyridine rings is 1. The van der Waals surface area contributed by atoms with Crippen LogP contribution in [-0.4, -0.2) is 31.9 Å². The molecule has 166 valence electrons. The van der Waals surface area contributed by atoms with E-state index in [9.17, 15) is 18.0 Å². The van der Waals surface area contributed by atoms with E-state index in [4.69, 9.17) is 27.9 Å². The van der Waals surface area contributed by atoms with Crippen LogP contribution in [0.25, 0.3) is 0 Å². The minimum atomic E-state index is -3.93. The smallest absolute Gasteiger partial charge is 0.338 e. The van der Waals surface area contributed by atoms with Crippen molar-refractivity contribution in [3.63, 3.8) is 0 Å². The van der Waals surface area contributed by atoms with Gasteiger partial charge in [0.15, 0.2) is 12.4 Å². The lowest BCUT2D eigenvalue weighted by atomic mass is 10.2. The van der Waals surface area contributed by atoms with Crippen molar-refractivity contribution < 1.29 is 22.7 Å². The lowest BCUT2D eigenvalue weighted by Crippen LogP contribution is -2.22. The molecule has 1 aromatic heterocycles. The quantitative estimate of drug-likeness (QED) is 0.474. The summed E-state index contributed by atoms with van der Waals surface area (Å²) in [4.78, 5) is 28.1. The monoisotopic (exact) mass is 493 g/mol. The van der Waals surface area contributed by atoms with Crippen molar-refractivity contribution in [3.8, 4) is 0 Å². The highest BCUT2D eigenvalue weighted by Crippen LogP contribution is 2.22. The van der Waals surface area contributed by atoms with Gasteiger partial charge in [-0.05, 0) is 43.3 Å². The van der Waals surface area contributed by atoms with Crippen LogP contribution in [-0.2, 0) is 19.6 Å². The van der Waals surface area contributed by atoms with Crippen LogP contribution >= 0.6 is 23.2 Å². The summed E-state index contributed by atoms with van der Waals surface area (Å²) in [6.07, 6.45) is 1.30. The van der Waals surface area contributed by atoms with Gasteiger partial charge < -0.3 is 10.1 Å². The second-order valence-electron chi connectivity index (χ2n) is 6.61. The van der Waals surface area contributed by atoms with Gasteiger partial charge in [-0.25, -0.2) is 18.2 Å². The molecule has 2 N–H and O–H groups in total. The van der Waals surface area contributed by atoms with Crippen LogP contribution in [0.4, 0.5) is 11.5 Å². The Bertz CT molecular complexity index is 1260. The molecular weight excluding hydrogens is 477 g/mol. The fraction of sp³-hybridized carbons (Fsp3) is 0.0952. The first-order chi connectivity index (χ1) is 15.1. The lowest BCUT2D eigenvalue weighted by molar-refractivity contribution is -0.119. The minimum absolute atomic E-state index is 0.0350. The van der Waals surface area contributed by atoms with Crippen molar-refractivity contribution in [1.82, 2.24) is 4.98 Å². The number of hydrogen-bond acceptors (Lipinski definition) is 6. The summed E-state index contributed by atoms with van der Waals surface area (Å²) in [5.74, 6) is -1.49. The summed E-state index contributed by atoms with van der Waals surface area (Å²) in [6.45, 7) is 1.26. The van der Waals surface area contributed by atoms with Crippen molar-refractivity contribution in [2.24, 2.45) is 0 Å². The number of rotatable bonds is 7. The van der Waals surface area contributed by atoms with Crippen LogP contribution in [0.2, 0.25) is 10.0 Å². The van der Waals surface area contributed by atoms with Crippen molar-refractivity contribution in [2.45, 2.75) is 11.8 Å². The van der Waals surface area contributed by atoms with Crippen molar-refractivity contribution in [3.05, 3.63) is 82.0 Å². The van der Waals surface area contributed by atoms with E-state index >= 15 is 0 Å². The van der Waals surface area contributed by atoms with Gasteiger partial charge in [0, 0.05) is 11.9 Å². The molecule has 8 nitrogen and oxygen atoms in total. The standard InChI is InChI=1S/C21H17Cl2N3O5S/c1-13-5-7-16(8-6-13)26-32(29,30)17-4-2-3-14(9-17)21(28)31-12-19(27)25-20-18(23)10-15(22)11-24-20/h2-11,26H,12H2,1H3,(H,24,25,27). The van der Waals surface area contributed by atoms with E-state index < -0.39 is 28.5 Å². The van der Waals surface area contributed by atoms with Crippen molar-refractivity contribution in [1.29, 1.82) is 0 Å². The molecule has 0 bridgehead atoms. The SMILES string of the molecule is Cc1ccc(NS(=O)(=O)c2cccc(C(=O)OCC(=O)Nc3ncc(Cl)cc3Cl)c2)cc1. The first-order valence-electron chi connectivity index (χ1n) is 9.11. The first-order valence-corrected chi connectivity index (χ1v) is 11.4. The van der Waals surface area contributed by atoms with Gasteiger partial charge in [-0.2, -0.15) is 0 Å². The van der Waals surface area contributed by atoms with Crippen LogP contribution in [0, 0.1) is 6.92 Å². The minimum Gasteiger partial charge on any atom is -0.452 e. The van der Waals surface area contributed by atoms with E-state index in [1.165, 1.54) is 30.5 Å². The number of aryl methyl sites for hydroxylation is 1. The maximum Gasteiger partial charge on any atom is 0.338 e. The Hall–Kier alpha value is -3.14.